The van der Waals surface area contributed by atoms with E-state index >= 15 is 0 Å². The van der Waals surface area contributed by atoms with Gasteiger partial charge in [-0.3, -0.25) is 4.79 Å². The molecule has 29 heavy (non-hydrogen) atoms. The molecule has 0 radical (unpaired) electrons. The Hall–Kier alpha value is -3.60. The van der Waals surface area contributed by atoms with Crippen LogP contribution in [0.4, 0.5) is 0 Å². The van der Waals surface area contributed by atoms with Gasteiger partial charge >= 0.3 is 0 Å². The fourth-order valence-electron chi connectivity index (χ4n) is 3.57. The van der Waals surface area contributed by atoms with Crippen molar-refractivity contribution in [1.29, 1.82) is 0 Å². The van der Waals surface area contributed by atoms with Crippen LogP contribution in [-0.4, -0.2) is 22.6 Å². The minimum atomic E-state index is -0.218. The van der Waals surface area contributed by atoms with Gasteiger partial charge in [0.1, 0.15) is 11.6 Å². The van der Waals surface area contributed by atoms with E-state index in [0.29, 0.717) is 17.7 Å². The molecule has 5 nitrogen and oxygen atoms in total. The van der Waals surface area contributed by atoms with Gasteiger partial charge < -0.3 is 14.6 Å². The number of para-hydroxylation sites is 3. The molecular formula is C24H23N3O2. The molecule has 1 amide bonds. The Morgan fingerprint density at radius 3 is 2.45 bits per heavy atom. The van der Waals surface area contributed by atoms with Crippen molar-refractivity contribution in [2.75, 3.05) is 7.11 Å². The number of benzene rings is 3. The van der Waals surface area contributed by atoms with Gasteiger partial charge in [-0.05, 0) is 29.8 Å². The van der Waals surface area contributed by atoms with Crippen molar-refractivity contribution in [3.63, 3.8) is 0 Å². The number of imidazole rings is 1. The third kappa shape index (κ3) is 3.85. The van der Waals surface area contributed by atoms with Crippen LogP contribution in [0.1, 0.15) is 27.8 Å². The number of rotatable bonds is 6. The number of aromatic nitrogens is 2. The average Bonchev–Trinajstić information content (AvgIpc) is 3.09. The van der Waals surface area contributed by atoms with Crippen molar-refractivity contribution in [2.24, 2.45) is 7.05 Å². The molecule has 4 aromatic rings. The lowest BCUT2D eigenvalue weighted by atomic mass is 10.0. The number of nitrogens with one attached hydrogen (secondary N) is 1. The lowest BCUT2D eigenvalue weighted by Gasteiger charge is -2.20. The van der Waals surface area contributed by atoms with E-state index in [1.807, 2.05) is 67.7 Å². The maximum absolute atomic E-state index is 13.0. The van der Waals surface area contributed by atoms with E-state index < -0.39 is 0 Å². The number of carbonyl (C=O) groups excluding carboxylic acids is 1. The minimum Gasteiger partial charge on any atom is -0.496 e. The molecule has 146 valence electrons. The molecule has 0 fully saturated rings. The molecule has 1 aromatic heterocycles. The standard InChI is InChI=1S/C24H23N3O2/c1-27-21-14-8-7-13-19(21)25-23(27)16-20(17-10-4-3-5-11-17)26-24(28)18-12-6-9-15-22(18)29-2/h3-15,20H,16H2,1-2H3,(H,26,28)/t20-/m0/s1. The van der Waals surface area contributed by atoms with E-state index in [1.165, 1.54) is 0 Å². The van der Waals surface area contributed by atoms with Crippen molar-refractivity contribution >= 4 is 16.9 Å². The molecule has 0 saturated heterocycles. The SMILES string of the molecule is COc1ccccc1C(=O)N[C@@H](Cc1nc2ccccc2n1C)c1ccccc1. The maximum Gasteiger partial charge on any atom is 0.255 e. The molecule has 3 aromatic carbocycles. The third-order valence-electron chi connectivity index (χ3n) is 5.13. The highest BCUT2D eigenvalue weighted by Gasteiger charge is 2.21. The first-order valence-corrected chi connectivity index (χ1v) is 9.56. The normalized spacial score (nSPS) is 11.9. The number of hydrogen-bond acceptors (Lipinski definition) is 3. The Morgan fingerprint density at radius 2 is 1.69 bits per heavy atom. The monoisotopic (exact) mass is 385 g/mol. The molecule has 0 aliphatic carbocycles. The minimum absolute atomic E-state index is 0.171. The van der Waals surface area contributed by atoms with Crippen LogP contribution in [0.5, 0.6) is 5.75 Å². The van der Waals surface area contributed by atoms with Crippen molar-refractivity contribution in [3.8, 4) is 5.75 Å². The second-order valence-corrected chi connectivity index (χ2v) is 6.92. The lowest BCUT2D eigenvalue weighted by molar-refractivity contribution is 0.0933. The highest BCUT2D eigenvalue weighted by molar-refractivity contribution is 5.97. The second-order valence-electron chi connectivity index (χ2n) is 6.92. The van der Waals surface area contributed by atoms with E-state index in [1.54, 1.807) is 19.2 Å². The van der Waals surface area contributed by atoms with Gasteiger partial charge in [-0.1, -0.05) is 54.6 Å². The summed E-state index contributed by atoms with van der Waals surface area (Å²) < 4.78 is 7.44. The van der Waals surface area contributed by atoms with E-state index in [0.717, 1.165) is 22.4 Å². The average molecular weight is 385 g/mol. The van der Waals surface area contributed by atoms with Gasteiger partial charge in [0.05, 0.1) is 29.7 Å². The summed E-state index contributed by atoms with van der Waals surface area (Å²) in [7, 11) is 3.58. The van der Waals surface area contributed by atoms with Crippen LogP contribution in [0.2, 0.25) is 0 Å². The van der Waals surface area contributed by atoms with Gasteiger partial charge in [0.2, 0.25) is 0 Å². The Balaban J connectivity index is 1.67. The first-order valence-electron chi connectivity index (χ1n) is 9.56. The zero-order chi connectivity index (χ0) is 20.2. The summed E-state index contributed by atoms with van der Waals surface area (Å²) in [5, 5.41) is 3.17. The topological polar surface area (TPSA) is 56.1 Å². The lowest BCUT2D eigenvalue weighted by Crippen LogP contribution is -2.31. The van der Waals surface area contributed by atoms with Crippen LogP contribution in [0.3, 0.4) is 0 Å². The smallest absolute Gasteiger partial charge is 0.255 e. The van der Waals surface area contributed by atoms with E-state index in [-0.39, 0.29) is 11.9 Å². The molecule has 0 aliphatic heterocycles. The number of nitrogens with zero attached hydrogens (tertiary/aromatic N) is 2. The number of carbonyl (C=O) groups is 1. The first-order chi connectivity index (χ1) is 14.2. The number of aryl methyl sites for hydroxylation is 1. The largest absolute Gasteiger partial charge is 0.496 e. The van der Waals surface area contributed by atoms with E-state index in [4.69, 9.17) is 9.72 Å². The number of hydrogen-bond donors (Lipinski definition) is 1. The van der Waals surface area contributed by atoms with Crippen LogP contribution in [0, 0.1) is 0 Å². The molecule has 0 aliphatic rings. The van der Waals surface area contributed by atoms with Crippen molar-refractivity contribution in [3.05, 3.63) is 95.8 Å². The number of methoxy groups -OCH3 is 1. The summed E-state index contributed by atoms with van der Waals surface area (Å²) in [4.78, 5) is 17.8. The van der Waals surface area contributed by atoms with Crippen LogP contribution in [0.25, 0.3) is 11.0 Å². The zero-order valence-electron chi connectivity index (χ0n) is 16.5. The van der Waals surface area contributed by atoms with Gasteiger partial charge in [0.15, 0.2) is 0 Å². The summed E-state index contributed by atoms with van der Waals surface area (Å²) in [6.07, 6.45) is 0.579. The van der Waals surface area contributed by atoms with Gasteiger partial charge in [0.25, 0.3) is 5.91 Å². The van der Waals surface area contributed by atoms with Crippen molar-refractivity contribution in [1.82, 2.24) is 14.9 Å². The summed E-state index contributed by atoms with van der Waals surface area (Å²) in [5.41, 5.74) is 3.57. The molecule has 0 saturated carbocycles. The van der Waals surface area contributed by atoms with Crippen molar-refractivity contribution in [2.45, 2.75) is 12.5 Å². The number of amides is 1. The number of ether oxygens (including phenoxy) is 1. The van der Waals surface area contributed by atoms with Gasteiger partial charge in [0, 0.05) is 13.5 Å². The van der Waals surface area contributed by atoms with Gasteiger partial charge in [-0.15, -0.1) is 0 Å². The Morgan fingerprint density at radius 1 is 1.00 bits per heavy atom. The summed E-state index contributed by atoms with van der Waals surface area (Å²) >= 11 is 0. The molecule has 1 N–H and O–H groups in total. The highest BCUT2D eigenvalue weighted by Crippen LogP contribution is 2.23. The van der Waals surface area contributed by atoms with Gasteiger partial charge in [-0.2, -0.15) is 0 Å². The van der Waals surface area contributed by atoms with Crippen LogP contribution < -0.4 is 10.1 Å². The predicted molar refractivity (Wildman–Crippen MR) is 114 cm³/mol. The molecule has 4 rings (SSSR count). The maximum atomic E-state index is 13.0. The molecule has 0 spiro atoms. The fourth-order valence-corrected chi connectivity index (χ4v) is 3.57. The summed E-state index contributed by atoms with van der Waals surface area (Å²) in [5.74, 6) is 1.30. The first kappa shape index (κ1) is 18.7. The van der Waals surface area contributed by atoms with Crippen molar-refractivity contribution < 1.29 is 9.53 Å². The fraction of sp³-hybridized carbons (Fsp3) is 0.167. The van der Waals surface area contributed by atoms with Gasteiger partial charge in [-0.25, -0.2) is 4.98 Å². The molecule has 0 bridgehead atoms. The molecule has 0 unspecified atom stereocenters. The molecule has 1 atom stereocenters. The third-order valence-corrected chi connectivity index (χ3v) is 5.13. The van der Waals surface area contributed by atoms with Crippen LogP contribution in [-0.2, 0) is 13.5 Å². The van der Waals surface area contributed by atoms with Crippen LogP contribution >= 0.6 is 0 Å². The quantitative estimate of drug-likeness (QED) is 0.538. The molecular weight excluding hydrogens is 362 g/mol. The Labute approximate surface area is 170 Å². The highest BCUT2D eigenvalue weighted by atomic mass is 16.5. The van der Waals surface area contributed by atoms with Crippen LogP contribution in [0.15, 0.2) is 78.9 Å². The van der Waals surface area contributed by atoms with E-state index in [2.05, 4.69) is 16.0 Å². The van der Waals surface area contributed by atoms with E-state index in [9.17, 15) is 4.79 Å². The summed E-state index contributed by atoms with van der Waals surface area (Å²) in [6, 6.07) is 25.0. The predicted octanol–water partition coefficient (Wildman–Crippen LogP) is 4.30. The zero-order valence-corrected chi connectivity index (χ0v) is 16.5. The molecule has 1 heterocycles. The Bertz CT molecular complexity index is 1140. The summed E-state index contributed by atoms with van der Waals surface area (Å²) in [6.45, 7) is 0. The Kier molecular flexibility index (Phi) is 5.29. The number of fused-ring (bicyclic) bond motifs is 1. The molecule has 5 heteroatoms. The second kappa shape index (κ2) is 8.19.